The maximum Gasteiger partial charge on any atom is 0.257 e. The quantitative estimate of drug-likeness (QED) is 0.400. The van der Waals surface area contributed by atoms with Crippen LogP contribution >= 0.6 is 15.9 Å². The van der Waals surface area contributed by atoms with Gasteiger partial charge >= 0.3 is 0 Å². The predicted molar refractivity (Wildman–Crippen MR) is 122 cm³/mol. The lowest BCUT2D eigenvalue weighted by Gasteiger charge is -2.14. The highest BCUT2D eigenvalue weighted by molar-refractivity contribution is 9.10. The monoisotopic (exact) mass is 468 g/mol. The lowest BCUT2D eigenvalue weighted by Crippen LogP contribution is -2.15. The molecule has 1 heterocycles. The van der Waals surface area contributed by atoms with Crippen molar-refractivity contribution in [1.82, 2.24) is 4.98 Å². The standard InChI is InChI=1S/C24H25BrN2O3/c1-4-13-29-17(3)23-12-11-22(16(2)26-23)24(28)27-19-8-6-10-21(15-19)30-20-9-5-7-18(25)14-20/h5-12,14-15,17H,4,13H2,1-3H3,(H,27,28). The van der Waals surface area contributed by atoms with Crippen LogP contribution in [0.2, 0.25) is 0 Å². The Labute approximate surface area is 185 Å². The Balaban J connectivity index is 1.70. The van der Waals surface area contributed by atoms with E-state index in [4.69, 9.17) is 9.47 Å². The van der Waals surface area contributed by atoms with Gasteiger partial charge in [0.1, 0.15) is 11.5 Å². The molecule has 156 valence electrons. The number of amides is 1. The summed E-state index contributed by atoms with van der Waals surface area (Å²) < 4.78 is 12.5. The average Bonchev–Trinajstić information content (AvgIpc) is 2.72. The number of aryl methyl sites for hydroxylation is 1. The fourth-order valence-electron chi connectivity index (χ4n) is 2.93. The number of benzene rings is 2. The van der Waals surface area contributed by atoms with Crippen molar-refractivity contribution in [1.29, 1.82) is 0 Å². The number of nitrogens with zero attached hydrogens (tertiary/aromatic N) is 1. The highest BCUT2D eigenvalue weighted by Gasteiger charge is 2.14. The van der Waals surface area contributed by atoms with Crippen molar-refractivity contribution >= 4 is 27.5 Å². The molecule has 1 amide bonds. The van der Waals surface area contributed by atoms with Crippen LogP contribution in [0, 0.1) is 6.92 Å². The summed E-state index contributed by atoms with van der Waals surface area (Å²) in [6.07, 6.45) is 0.848. The number of carbonyl (C=O) groups is 1. The molecule has 0 spiro atoms. The fraction of sp³-hybridized carbons (Fsp3) is 0.250. The summed E-state index contributed by atoms with van der Waals surface area (Å²) >= 11 is 3.43. The van der Waals surface area contributed by atoms with Crippen molar-refractivity contribution in [2.45, 2.75) is 33.3 Å². The van der Waals surface area contributed by atoms with E-state index in [0.29, 0.717) is 35.1 Å². The summed E-state index contributed by atoms with van der Waals surface area (Å²) in [4.78, 5) is 17.3. The molecule has 0 fully saturated rings. The first-order valence-electron chi connectivity index (χ1n) is 9.90. The number of halogens is 1. The van der Waals surface area contributed by atoms with Crippen LogP contribution in [0.1, 0.15) is 48.1 Å². The molecule has 6 heteroatoms. The highest BCUT2D eigenvalue weighted by Crippen LogP contribution is 2.26. The SMILES string of the molecule is CCCOC(C)c1ccc(C(=O)Nc2cccc(Oc3cccc(Br)c3)c2)c(C)n1. The van der Waals surface area contributed by atoms with Crippen LogP contribution in [0.5, 0.6) is 11.5 Å². The van der Waals surface area contributed by atoms with E-state index in [1.165, 1.54) is 0 Å². The molecule has 3 rings (SSSR count). The number of hydrogen-bond donors (Lipinski definition) is 1. The zero-order chi connectivity index (χ0) is 21.5. The topological polar surface area (TPSA) is 60.5 Å². The van der Waals surface area contributed by atoms with Crippen LogP contribution in [0.4, 0.5) is 5.69 Å². The number of hydrogen-bond acceptors (Lipinski definition) is 4. The van der Waals surface area contributed by atoms with Crippen molar-refractivity contribution < 1.29 is 14.3 Å². The predicted octanol–water partition coefficient (Wildman–Crippen LogP) is 6.68. The van der Waals surface area contributed by atoms with Gasteiger partial charge in [0.2, 0.25) is 0 Å². The van der Waals surface area contributed by atoms with E-state index >= 15 is 0 Å². The van der Waals surface area contributed by atoms with Crippen molar-refractivity contribution in [2.75, 3.05) is 11.9 Å². The van der Waals surface area contributed by atoms with E-state index in [0.717, 1.165) is 16.6 Å². The first-order chi connectivity index (χ1) is 14.5. The molecule has 3 aromatic rings. The van der Waals surface area contributed by atoms with Gasteiger partial charge in [-0.3, -0.25) is 9.78 Å². The van der Waals surface area contributed by atoms with Crippen LogP contribution in [0.15, 0.2) is 65.1 Å². The molecule has 2 aromatic carbocycles. The van der Waals surface area contributed by atoms with Crippen molar-refractivity contribution in [2.24, 2.45) is 0 Å². The first-order valence-corrected chi connectivity index (χ1v) is 10.7. The minimum Gasteiger partial charge on any atom is -0.457 e. The summed E-state index contributed by atoms with van der Waals surface area (Å²) in [6, 6.07) is 18.5. The van der Waals surface area contributed by atoms with Crippen LogP contribution in [-0.4, -0.2) is 17.5 Å². The molecule has 1 N–H and O–H groups in total. The summed E-state index contributed by atoms with van der Waals surface area (Å²) in [5.41, 5.74) is 2.66. The molecule has 5 nitrogen and oxygen atoms in total. The number of aromatic nitrogens is 1. The second kappa shape index (κ2) is 10.4. The maximum atomic E-state index is 12.8. The van der Waals surface area contributed by atoms with Crippen LogP contribution in [-0.2, 0) is 4.74 Å². The van der Waals surface area contributed by atoms with E-state index in [-0.39, 0.29) is 12.0 Å². The third kappa shape index (κ3) is 5.90. The molecule has 30 heavy (non-hydrogen) atoms. The van der Waals surface area contributed by atoms with Crippen LogP contribution in [0.25, 0.3) is 0 Å². The third-order valence-electron chi connectivity index (χ3n) is 4.46. The number of nitrogens with one attached hydrogen (secondary N) is 1. The highest BCUT2D eigenvalue weighted by atomic mass is 79.9. The Morgan fingerprint density at radius 3 is 2.53 bits per heavy atom. The molecular formula is C24H25BrN2O3. The third-order valence-corrected chi connectivity index (χ3v) is 4.96. The summed E-state index contributed by atoms with van der Waals surface area (Å²) in [5.74, 6) is 1.13. The summed E-state index contributed by atoms with van der Waals surface area (Å²) in [5, 5.41) is 2.92. The van der Waals surface area contributed by atoms with Gasteiger partial charge in [-0.1, -0.05) is 35.0 Å². The smallest absolute Gasteiger partial charge is 0.257 e. The molecule has 0 aliphatic rings. The van der Waals surface area contributed by atoms with Gasteiger partial charge in [-0.2, -0.15) is 0 Å². The van der Waals surface area contributed by atoms with Gasteiger partial charge in [0.25, 0.3) is 5.91 Å². The molecule has 0 radical (unpaired) electrons. The van der Waals surface area contributed by atoms with Gasteiger partial charge in [-0.15, -0.1) is 0 Å². The average molecular weight is 469 g/mol. The first kappa shape index (κ1) is 22.0. The van der Waals surface area contributed by atoms with Gasteiger partial charge < -0.3 is 14.8 Å². The summed E-state index contributed by atoms with van der Waals surface area (Å²) in [6.45, 7) is 6.55. The second-order valence-electron chi connectivity index (χ2n) is 6.92. The Morgan fingerprint density at radius 1 is 1.10 bits per heavy atom. The van der Waals surface area contributed by atoms with Gasteiger partial charge in [0.15, 0.2) is 0 Å². The Hall–Kier alpha value is -2.70. The van der Waals surface area contributed by atoms with Crippen molar-refractivity contribution in [3.05, 3.63) is 82.1 Å². The van der Waals surface area contributed by atoms with Crippen molar-refractivity contribution in [3.63, 3.8) is 0 Å². The van der Waals surface area contributed by atoms with Gasteiger partial charge in [0.05, 0.1) is 23.1 Å². The van der Waals surface area contributed by atoms with E-state index in [1.807, 2.05) is 62.4 Å². The van der Waals surface area contributed by atoms with Gasteiger partial charge in [-0.05, 0) is 62.7 Å². The van der Waals surface area contributed by atoms with E-state index in [2.05, 4.69) is 33.2 Å². The lowest BCUT2D eigenvalue weighted by atomic mass is 10.1. The number of rotatable bonds is 8. The molecule has 1 atom stereocenters. The molecule has 0 saturated heterocycles. The van der Waals surface area contributed by atoms with Crippen LogP contribution in [0.3, 0.4) is 0 Å². The molecular weight excluding hydrogens is 444 g/mol. The number of pyridine rings is 1. The van der Waals surface area contributed by atoms with E-state index < -0.39 is 0 Å². The van der Waals surface area contributed by atoms with Crippen LogP contribution < -0.4 is 10.1 Å². The Morgan fingerprint density at radius 2 is 1.83 bits per heavy atom. The molecule has 0 aliphatic heterocycles. The molecule has 0 saturated carbocycles. The molecule has 0 bridgehead atoms. The normalized spacial score (nSPS) is 11.7. The minimum absolute atomic E-state index is 0.104. The second-order valence-corrected chi connectivity index (χ2v) is 7.84. The van der Waals surface area contributed by atoms with Gasteiger partial charge in [0, 0.05) is 22.8 Å². The Kier molecular flexibility index (Phi) is 7.60. The fourth-order valence-corrected chi connectivity index (χ4v) is 3.31. The number of carbonyl (C=O) groups excluding carboxylic acids is 1. The molecule has 0 aliphatic carbocycles. The maximum absolute atomic E-state index is 12.8. The largest absolute Gasteiger partial charge is 0.457 e. The van der Waals surface area contributed by atoms with E-state index in [9.17, 15) is 4.79 Å². The number of anilines is 1. The number of ether oxygens (including phenoxy) is 2. The lowest BCUT2D eigenvalue weighted by molar-refractivity contribution is 0.0632. The minimum atomic E-state index is -0.215. The van der Waals surface area contributed by atoms with Gasteiger partial charge in [-0.25, -0.2) is 0 Å². The van der Waals surface area contributed by atoms with E-state index in [1.54, 1.807) is 12.1 Å². The molecule has 1 aromatic heterocycles. The summed E-state index contributed by atoms with van der Waals surface area (Å²) in [7, 11) is 0. The zero-order valence-corrected chi connectivity index (χ0v) is 18.9. The Bertz CT molecular complexity index is 1020. The zero-order valence-electron chi connectivity index (χ0n) is 17.3. The molecule has 1 unspecified atom stereocenters. The van der Waals surface area contributed by atoms with Crippen molar-refractivity contribution in [3.8, 4) is 11.5 Å².